The van der Waals surface area contributed by atoms with E-state index >= 15 is 0 Å². The van der Waals surface area contributed by atoms with Crippen LogP contribution in [0.2, 0.25) is 5.02 Å². The topological polar surface area (TPSA) is 44.5 Å². The number of ether oxygens (including phenoxy) is 2. The third-order valence-corrected chi connectivity index (χ3v) is 3.25. The molecule has 1 aliphatic heterocycles. The highest BCUT2D eigenvalue weighted by atomic mass is 35.5. The van der Waals surface area contributed by atoms with Crippen LogP contribution in [0.5, 0.6) is 5.75 Å². The van der Waals surface area contributed by atoms with E-state index in [9.17, 15) is 0 Å². The van der Waals surface area contributed by atoms with Crippen molar-refractivity contribution in [2.75, 3.05) is 12.3 Å². The van der Waals surface area contributed by atoms with Gasteiger partial charge in [-0.2, -0.15) is 0 Å². The summed E-state index contributed by atoms with van der Waals surface area (Å²) in [5, 5.41) is 0.580. The Labute approximate surface area is 107 Å². The van der Waals surface area contributed by atoms with Gasteiger partial charge in [0.15, 0.2) is 0 Å². The lowest BCUT2D eigenvalue weighted by molar-refractivity contribution is -0.0326. The van der Waals surface area contributed by atoms with Gasteiger partial charge in [-0.1, -0.05) is 11.6 Å². The lowest BCUT2D eigenvalue weighted by atomic mass is 10.1. The van der Waals surface area contributed by atoms with Crippen molar-refractivity contribution in [3.05, 3.63) is 23.2 Å². The lowest BCUT2D eigenvalue weighted by Crippen LogP contribution is -2.23. The predicted octanol–water partition coefficient (Wildman–Crippen LogP) is 3.26. The largest absolute Gasteiger partial charge is 0.489 e. The molecular formula is C13H18ClNO2. The Morgan fingerprint density at radius 3 is 2.94 bits per heavy atom. The quantitative estimate of drug-likeness (QED) is 0.844. The maximum atomic E-state index is 6.02. The molecule has 4 heteroatoms. The Balaban J connectivity index is 1.92. The molecular weight excluding hydrogens is 238 g/mol. The molecule has 0 radical (unpaired) electrons. The van der Waals surface area contributed by atoms with E-state index in [-0.39, 0.29) is 11.7 Å². The number of anilines is 1. The molecule has 0 spiro atoms. The van der Waals surface area contributed by atoms with Crippen LogP contribution < -0.4 is 10.5 Å². The summed E-state index contributed by atoms with van der Waals surface area (Å²) < 4.78 is 11.5. The van der Waals surface area contributed by atoms with Crippen LogP contribution in [0.25, 0.3) is 0 Å². The first kappa shape index (κ1) is 12.5. The van der Waals surface area contributed by atoms with Gasteiger partial charge in [0.25, 0.3) is 0 Å². The molecule has 1 aromatic carbocycles. The van der Waals surface area contributed by atoms with Crippen molar-refractivity contribution in [1.29, 1.82) is 0 Å². The van der Waals surface area contributed by atoms with E-state index in [0.29, 0.717) is 23.1 Å². The number of nitrogens with two attached hydrogens (primary N) is 1. The molecule has 1 heterocycles. The standard InChI is InChI=1S/C13H18ClNO2/c1-13(2)6-5-10(17-13)8-16-12-7-9(15)3-4-11(12)14/h3-4,7,10H,5-6,8,15H2,1-2H3. The first-order chi connectivity index (χ1) is 7.96. The van der Waals surface area contributed by atoms with Gasteiger partial charge < -0.3 is 15.2 Å². The molecule has 0 saturated carbocycles. The zero-order valence-corrected chi connectivity index (χ0v) is 11.0. The Bertz CT molecular complexity index is 406. The molecule has 1 aromatic rings. The van der Waals surface area contributed by atoms with Crippen molar-refractivity contribution >= 4 is 17.3 Å². The highest BCUT2D eigenvalue weighted by Gasteiger charge is 2.31. The molecule has 1 unspecified atom stereocenters. The number of hydrogen-bond acceptors (Lipinski definition) is 3. The van der Waals surface area contributed by atoms with E-state index in [1.807, 2.05) is 0 Å². The second kappa shape index (κ2) is 4.75. The molecule has 17 heavy (non-hydrogen) atoms. The minimum absolute atomic E-state index is 0.0342. The van der Waals surface area contributed by atoms with Crippen LogP contribution in [0.15, 0.2) is 18.2 Å². The highest BCUT2D eigenvalue weighted by molar-refractivity contribution is 6.32. The zero-order chi connectivity index (χ0) is 12.5. The summed E-state index contributed by atoms with van der Waals surface area (Å²) in [6, 6.07) is 5.23. The summed E-state index contributed by atoms with van der Waals surface area (Å²) in [6.45, 7) is 4.72. The lowest BCUT2D eigenvalue weighted by Gasteiger charge is -2.19. The number of nitrogen functional groups attached to an aromatic ring is 1. The second-order valence-electron chi connectivity index (χ2n) is 5.04. The number of halogens is 1. The SMILES string of the molecule is CC1(C)CCC(COc2cc(N)ccc2Cl)O1. The van der Waals surface area contributed by atoms with Crippen LogP contribution in [-0.2, 0) is 4.74 Å². The average Bonchev–Trinajstić information content (AvgIpc) is 2.60. The minimum atomic E-state index is -0.0342. The Morgan fingerprint density at radius 1 is 1.53 bits per heavy atom. The number of hydrogen-bond donors (Lipinski definition) is 1. The van der Waals surface area contributed by atoms with E-state index in [1.165, 1.54) is 0 Å². The Kier molecular flexibility index (Phi) is 3.50. The summed E-state index contributed by atoms with van der Waals surface area (Å²) in [7, 11) is 0. The van der Waals surface area contributed by atoms with Gasteiger partial charge in [-0.3, -0.25) is 0 Å². The van der Waals surface area contributed by atoms with Gasteiger partial charge in [0, 0.05) is 11.8 Å². The average molecular weight is 256 g/mol. The molecule has 0 aliphatic carbocycles. The van der Waals surface area contributed by atoms with Crippen molar-refractivity contribution in [2.45, 2.75) is 38.4 Å². The van der Waals surface area contributed by atoms with Crippen molar-refractivity contribution in [1.82, 2.24) is 0 Å². The Hall–Kier alpha value is -0.930. The third kappa shape index (κ3) is 3.27. The summed E-state index contributed by atoms with van der Waals surface area (Å²) in [4.78, 5) is 0. The first-order valence-corrected chi connectivity index (χ1v) is 6.20. The normalized spacial score (nSPS) is 22.6. The van der Waals surface area contributed by atoms with Crippen molar-refractivity contribution in [2.24, 2.45) is 0 Å². The van der Waals surface area contributed by atoms with Gasteiger partial charge in [0.05, 0.1) is 16.7 Å². The fourth-order valence-corrected chi connectivity index (χ4v) is 2.18. The maximum Gasteiger partial charge on any atom is 0.140 e. The first-order valence-electron chi connectivity index (χ1n) is 5.82. The second-order valence-corrected chi connectivity index (χ2v) is 5.45. The van der Waals surface area contributed by atoms with Crippen molar-refractivity contribution in [3.8, 4) is 5.75 Å². The monoisotopic (exact) mass is 255 g/mol. The van der Waals surface area contributed by atoms with Gasteiger partial charge in [-0.15, -0.1) is 0 Å². The van der Waals surface area contributed by atoms with Gasteiger partial charge in [-0.05, 0) is 38.8 Å². The van der Waals surface area contributed by atoms with E-state index in [4.69, 9.17) is 26.8 Å². The van der Waals surface area contributed by atoms with Crippen LogP contribution in [0.1, 0.15) is 26.7 Å². The molecule has 0 bridgehead atoms. The van der Waals surface area contributed by atoms with Crippen LogP contribution in [-0.4, -0.2) is 18.3 Å². The van der Waals surface area contributed by atoms with Crippen LogP contribution >= 0.6 is 11.6 Å². The molecule has 0 aromatic heterocycles. The predicted molar refractivity (Wildman–Crippen MR) is 69.5 cm³/mol. The van der Waals surface area contributed by atoms with E-state index in [1.54, 1.807) is 18.2 Å². The molecule has 1 atom stereocenters. The summed E-state index contributed by atoms with van der Waals surface area (Å²) in [5.41, 5.74) is 6.30. The van der Waals surface area contributed by atoms with Gasteiger partial charge in [0.2, 0.25) is 0 Å². The smallest absolute Gasteiger partial charge is 0.140 e. The highest BCUT2D eigenvalue weighted by Crippen LogP contribution is 2.31. The number of benzene rings is 1. The fraction of sp³-hybridized carbons (Fsp3) is 0.538. The van der Waals surface area contributed by atoms with E-state index < -0.39 is 0 Å². The minimum Gasteiger partial charge on any atom is -0.489 e. The molecule has 2 N–H and O–H groups in total. The van der Waals surface area contributed by atoms with Crippen molar-refractivity contribution in [3.63, 3.8) is 0 Å². The van der Waals surface area contributed by atoms with Crippen molar-refractivity contribution < 1.29 is 9.47 Å². The summed E-state index contributed by atoms with van der Waals surface area (Å²) in [5.74, 6) is 0.625. The fourth-order valence-electron chi connectivity index (χ4n) is 2.01. The summed E-state index contributed by atoms with van der Waals surface area (Å²) in [6.07, 6.45) is 2.22. The van der Waals surface area contributed by atoms with Crippen LogP contribution in [0, 0.1) is 0 Å². The molecule has 2 rings (SSSR count). The Morgan fingerprint density at radius 2 is 2.29 bits per heavy atom. The van der Waals surface area contributed by atoms with Gasteiger partial charge in [0.1, 0.15) is 12.4 Å². The molecule has 3 nitrogen and oxygen atoms in total. The molecule has 1 fully saturated rings. The van der Waals surface area contributed by atoms with Gasteiger partial charge in [-0.25, -0.2) is 0 Å². The van der Waals surface area contributed by atoms with E-state index in [2.05, 4.69) is 13.8 Å². The van der Waals surface area contributed by atoms with Gasteiger partial charge >= 0.3 is 0 Å². The molecule has 1 saturated heterocycles. The zero-order valence-electron chi connectivity index (χ0n) is 10.2. The molecule has 1 aliphatic rings. The third-order valence-electron chi connectivity index (χ3n) is 2.93. The van der Waals surface area contributed by atoms with E-state index in [0.717, 1.165) is 12.8 Å². The number of rotatable bonds is 3. The maximum absolute atomic E-state index is 6.02. The molecule has 94 valence electrons. The molecule has 0 amide bonds. The van der Waals surface area contributed by atoms with Crippen LogP contribution in [0.3, 0.4) is 0 Å². The summed E-state index contributed by atoms with van der Waals surface area (Å²) >= 11 is 6.02. The van der Waals surface area contributed by atoms with Crippen LogP contribution in [0.4, 0.5) is 5.69 Å².